The number of anilines is 1. The predicted molar refractivity (Wildman–Crippen MR) is 56.2 cm³/mol. The molecule has 0 bridgehead atoms. The van der Waals surface area contributed by atoms with Crippen molar-refractivity contribution in [3.63, 3.8) is 0 Å². The molecule has 0 aliphatic carbocycles. The molecule has 1 aromatic heterocycles. The number of alkyl halides is 2. The van der Waals surface area contributed by atoms with Gasteiger partial charge in [0.15, 0.2) is 0 Å². The second kappa shape index (κ2) is 5.60. The van der Waals surface area contributed by atoms with Gasteiger partial charge in [0.1, 0.15) is 0 Å². The Kier molecular flexibility index (Phi) is 4.42. The van der Waals surface area contributed by atoms with E-state index >= 15 is 0 Å². The van der Waals surface area contributed by atoms with Crippen LogP contribution in [0, 0.1) is 6.92 Å². The van der Waals surface area contributed by atoms with Crippen molar-refractivity contribution in [1.29, 1.82) is 0 Å². The summed E-state index contributed by atoms with van der Waals surface area (Å²) in [6.45, 7) is 2.34. The maximum Gasteiger partial charge on any atom is 0.255 e. The number of hydrogen-bond donors (Lipinski definition) is 1. The molecule has 0 saturated heterocycles. The first-order chi connectivity index (χ1) is 7.15. The smallest absolute Gasteiger partial charge is 0.255 e. The molecule has 1 aromatic rings. The lowest BCUT2D eigenvalue weighted by Gasteiger charge is -2.25. The fraction of sp³-hybridized carbons (Fsp3) is 0.500. The van der Waals surface area contributed by atoms with Gasteiger partial charge < -0.3 is 10.6 Å². The quantitative estimate of drug-likeness (QED) is 0.807. The first-order valence-corrected chi connectivity index (χ1v) is 4.79. The molecule has 0 unspecified atom stereocenters. The van der Waals surface area contributed by atoms with Gasteiger partial charge in [-0.05, 0) is 18.6 Å². The average Bonchev–Trinajstić information content (AvgIpc) is 2.17. The Hall–Kier alpha value is -1.23. The maximum absolute atomic E-state index is 12.3. The summed E-state index contributed by atoms with van der Waals surface area (Å²) < 4.78 is 24.7. The highest BCUT2D eigenvalue weighted by molar-refractivity contribution is 5.51. The minimum absolute atomic E-state index is 0.290. The molecule has 84 valence electrons. The summed E-state index contributed by atoms with van der Waals surface area (Å²) in [6.07, 6.45) is 0.894. The Balaban J connectivity index is 2.83. The van der Waals surface area contributed by atoms with Crippen molar-refractivity contribution in [1.82, 2.24) is 4.98 Å². The van der Waals surface area contributed by atoms with Crippen LogP contribution >= 0.6 is 0 Å². The Labute approximate surface area is 87.9 Å². The summed E-state index contributed by atoms with van der Waals surface area (Å²) in [5.41, 5.74) is 7.05. The number of nitrogens with two attached hydrogens (primary N) is 1. The fourth-order valence-corrected chi connectivity index (χ4v) is 1.45. The largest absolute Gasteiger partial charge is 0.364 e. The highest BCUT2D eigenvalue weighted by atomic mass is 19.3. The first-order valence-electron chi connectivity index (χ1n) is 4.79. The molecule has 0 spiro atoms. The van der Waals surface area contributed by atoms with Gasteiger partial charge in [-0.2, -0.15) is 0 Å². The van der Waals surface area contributed by atoms with E-state index in [1.54, 1.807) is 23.4 Å². The number of aromatic nitrogens is 1. The third-order valence-corrected chi connectivity index (χ3v) is 2.09. The highest BCUT2D eigenvalue weighted by Crippen LogP contribution is 2.18. The number of pyridine rings is 1. The Bertz CT molecular complexity index is 304. The van der Waals surface area contributed by atoms with E-state index in [-0.39, 0.29) is 6.54 Å². The molecule has 0 radical (unpaired) electrons. The summed E-state index contributed by atoms with van der Waals surface area (Å²) in [5, 5.41) is 0. The third-order valence-electron chi connectivity index (χ3n) is 2.09. The van der Waals surface area contributed by atoms with Gasteiger partial charge in [-0.3, -0.25) is 4.98 Å². The van der Waals surface area contributed by atoms with Crippen LogP contribution in [0.4, 0.5) is 14.5 Å². The van der Waals surface area contributed by atoms with Gasteiger partial charge in [0.25, 0.3) is 6.43 Å². The number of hydrogen-bond acceptors (Lipinski definition) is 3. The van der Waals surface area contributed by atoms with E-state index in [4.69, 9.17) is 5.73 Å². The third kappa shape index (κ3) is 3.43. The van der Waals surface area contributed by atoms with Crippen molar-refractivity contribution >= 4 is 5.69 Å². The average molecular weight is 215 g/mol. The summed E-state index contributed by atoms with van der Waals surface area (Å²) in [4.78, 5) is 5.51. The van der Waals surface area contributed by atoms with E-state index in [1.807, 2.05) is 6.92 Å². The second-order valence-electron chi connectivity index (χ2n) is 3.29. The lowest BCUT2D eigenvalue weighted by Crippen LogP contribution is -2.34. The van der Waals surface area contributed by atoms with Crippen LogP contribution in [0.2, 0.25) is 0 Å². The number of rotatable bonds is 5. The monoisotopic (exact) mass is 215 g/mol. The zero-order valence-corrected chi connectivity index (χ0v) is 8.66. The Morgan fingerprint density at radius 3 is 2.80 bits per heavy atom. The van der Waals surface area contributed by atoms with E-state index in [2.05, 4.69) is 4.98 Å². The Morgan fingerprint density at radius 2 is 2.27 bits per heavy atom. The van der Waals surface area contributed by atoms with Crippen LogP contribution in [0.1, 0.15) is 5.56 Å². The molecule has 0 aliphatic rings. The normalized spacial score (nSPS) is 10.7. The van der Waals surface area contributed by atoms with Crippen molar-refractivity contribution in [3.8, 4) is 0 Å². The molecule has 0 atom stereocenters. The van der Waals surface area contributed by atoms with Crippen LogP contribution < -0.4 is 10.6 Å². The fourth-order valence-electron chi connectivity index (χ4n) is 1.45. The Morgan fingerprint density at radius 1 is 1.53 bits per heavy atom. The van der Waals surface area contributed by atoms with Crippen LogP contribution in [0.5, 0.6) is 0 Å². The molecule has 1 rings (SSSR count). The van der Waals surface area contributed by atoms with E-state index in [0.717, 1.165) is 11.3 Å². The molecule has 0 fully saturated rings. The van der Waals surface area contributed by atoms with Gasteiger partial charge in [-0.25, -0.2) is 8.78 Å². The summed E-state index contributed by atoms with van der Waals surface area (Å²) in [6, 6.07) is 1.73. The van der Waals surface area contributed by atoms with Crippen molar-refractivity contribution < 1.29 is 8.78 Å². The predicted octanol–water partition coefficient (Wildman–Crippen LogP) is 1.42. The van der Waals surface area contributed by atoms with E-state index in [0.29, 0.717) is 13.1 Å². The number of nitrogens with zero attached hydrogens (tertiary/aromatic N) is 2. The molecule has 15 heavy (non-hydrogen) atoms. The van der Waals surface area contributed by atoms with Crippen molar-refractivity contribution in [2.45, 2.75) is 13.3 Å². The summed E-state index contributed by atoms with van der Waals surface area (Å²) in [5.74, 6) is 0. The number of aryl methyl sites for hydroxylation is 1. The minimum Gasteiger partial charge on any atom is -0.364 e. The van der Waals surface area contributed by atoms with Crippen LogP contribution in [0.25, 0.3) is 0 Å². The zero-order chi connectivity index (χ0) is 11.3. The van der Waals surface area contributed by atoms with Gasteiger partial charge in [0.05, 0.1) is 6.54 Å². The van der Waals surface area contributed by atoms with Crippen molar-refractivity contribution in [2.75, 3.05) is 24.5 Å². The molecular formula is C10H15F2N3. The molecule has 3 nitrogen and oxygen atoms in total. The molecule has 0 aromatic carbocycles. The molecule has 1 heterocycles. The number of halogens is 2. The van der Waals surface area contributed by atoms with Crippen LogP contribution in [0.15, 0.2) is 18.5 Å². The minimum atomic E-state index is -2.36. The molecule has 0 saturated carbocycles. The highest BCUT2D eigenvalue weighted by Gasteiger charge is 2.13. The van der Waals surface area contributed by atoms with E-state index in [1.165, 1.54) is 0 Å². The lowest BCUT2D eigenvalue weighted by molar-refractivity contribution is 0.155. The van der Waals surface area contributed by atoms with Crippen LogP contribution in [0.3, 0.4) is 0 Å². The topological polar surface area (TPSA) is 42.2 Å². The van der Waals surface area contributed by atoms with Gasteiger partial charge >= 0.3 is 0 Å². The standard InChI is InChI=1S/C10H15F2N3/c1-8-6-14-4-2-9(8)15(5-3-13)7-10(11)12/h2,4,6,10H,3,5,7,13H2,1H3. The van der Waals surface area contributed by atoms with E-state index in [9.17, 15) is 8.78 Å². The molecule has 5 heteroatoms. The first kappa shape index (κ1) is 11.8. The van der Waals surface area contributed by atoms with Gasteiger partial charge in [-0.1, -0.05) is 0 Å². The summed E-state index contributed by atoms with van der Waals surface area (Å²) >= 11 is 0. The molecule has 0 aliphatic heterocycles. The van der Waals surface area contributed by atoms with E-state index < -0.39 is 6.43 Å². The maximum atomic E-state index is 12.3. The zero-order valence-electron chi connectivity index (χ0n) is 8.66. The molecule has 2 N–H and O–H groups in total. The van der Waals surface area contributed by atoms with Crippen molar-refractivity contribution in [3.05, 3.63) is 24.0 Å². The van der Waals surface area contributed by atoms with Gasteiger partial charge in [-0.15, -0.1) is 0 Å². The van der Waals surface area contributed by atoms with Crippen molar-refractivity contribution in [2.24, 2.45) is 5.73 Å². The SMILES string of the molecule is Cc1cnccc1N(CCN)CC(F)F. The van der Waals surface area contributed by atoms with Crippen LogP contribution in [-0.4, -0.2) is 31.0 Å². The van der Waals surface area contributed by atoms with Crippen LogP contribution in [-0.2, 0) is 0 Å². The lowest BCUT2D eigenvalue weighted by atomic mass is 10.2. The van der Waals surface area contributed by atoms with Gasteiger partial charge in [0.2, 0.25) is 0 Å². The summed E-state index contributed by atoms with van der Waals surface area (Å²) in [7, 11) is 0. The molecular weight excluding hydrogens is 200 g/mol. The molecule has 0 amide bonds. The van der Waals surface area contributed by atoms with Gasteiger partial charge in [0, 0.05) is 31.2 Å². The second-order valence-corrected chi connectivity index (χ2v) is 3.29.